The number of benzene rings is 4. The predicted octanol–water partition coefficient (Wildman–Crippen LogP) is 11.1. The highest BCUT2D eigenvalue weighted by molar-refractivity contribution is 8.16. The Hall–Kier alpha value is -5.21. The maximum absolute atomic E-state index is 12.5. The van der Waals surface area contributed by atoms with E-state index in [1.807, 2.05) is 60.7 Å². The van der Waals surface area contributed by atoms with Gasteiger partial charge >= 0.3 is 5.97 Å². The molecule has 0 saturated carbocycles. The Morgan fingerprint density at radius 1 is 0.688 bits per heavy atom. The van der Waals surface area contributed by atoms with Gasteiger partial charge in [0, 0.05) is 38.2 Å². The van der Waals surface area contributed by atoms with E-state index in [1.54, 1.807) is 48.5 Å². The molecule has 3 N–H and O–H groups in total. The maximum Gasteiger partial charge on any atom is 0.304 e. The molecule has 7 rings (SSSR count). The summed E-state index contributed by atoms with van der Waals surface area (Å²) in [5.41, 5.74) is 4.63. The molecule has 0 spiro atoms. The lowest BCUT2D eigenvalue weighted by Gasteiger charge is -2.21. The van der Waals surface area contributed by atoms with E-state index in [9.17, 15) is 48.8 Å². The van der Waals surface area contributed by atoms with Gasteiger partial charge in [-0.15, -0.1) is 11.8 Å². The van der Waals surface area contributed by atoms with Crippen molar-refractivity contribution < 1.29 is 48.8 Å². The molecule has 0 atom stereocenters. The van der Waals surface area contributed by atoms with Gasteiger partial charge < -0.3 is 9.66 Å². The minimum absolute atomic E-state index is 0.0960. The average Bonchev–Trinajstić information content (AvgIpc) is 3.27. The van der Waals surface area contributed by atoms with Gasteiger partial charge in [-0.2, -0.15) is 16.8 Å². The fourth-order valence-electron chi connectivity index (χ4n) is 7.10. The molecule has 0 unspecified atom stereocenters. The number of thioether (sulfide) groups is 2. The van der Waals surface area contributed by atoms with E-state index >= 15 is 0 Å². The summed E-state index contributed by atoms with van der Waals surface area (Å²) in [6.45, 7) is 0. The average molecular weight is 971 g/mol. The van der Waals surface area contributed by atoms with E-state index in [1.165, 1.54) is 66.0 Å². The molecule has 0 radical (unpaired) electrons. The van der Waals surface area contributed by atoms with Gasteiger partial charge in [0.25, 0.3) is 20.2 Å². The summed E-state index contributed by atoms with van der Waals surface area (Å²) in [6.07, 6.45) is 13.3. The minimum atomic E-state index is -4.92. The summed E-state index contributed by atoms with van der Waals surface area (Å²) in [5, 5.41) is 9.54. The van der Waals surface area contributed by atoms with Crippen molar-refractivity contribution in [2.45, 2.75) is 40.4 Å². The Kier molecular flexibility index (Phi) is 14.5. The van der Waals surface area contributed by atoms with Crippen molar-refractivity contribution in [2.24, 2.45) is 0 Å². The number of rotatable bonds is 14. The highest BCUT2D eigenvalue weighted by Gasteiger charge is 2.27. The molecule has 11 nitrogen and oxygen atoms in total. The van der Waals surface area contributed by atoms with Crippen LogP contribution in [0.1, 0.15) is 42.4 Å². The second-order valence-corrected chi connectivity index (χ2v) is 21.8. The van der Waals surface area contributed by atoms with Crippen molar-refractivity contribution in [3.8, 4) is 20.9 Å². The Balaban J connectivity index is 1.35. The van der Waals surface area contributed by atoms with Crippen molar-refractivity contribution in [3.05, 3.63) is 184 Å². The van der Waals surface area contributed by atoms with E-state index in [-0.39, 0.29) is 33.1 Å². The van der Waals surface area contributed by atoms with E-state index in [0.29, 0.717) is 38.6 Å². The second kappa shape index (κ2) is 19.9. The molecule has 328 valence electrons. The standard InChI is InChI=1S/C47H38O11S6/c48-46(49)25-26-59-47-34(23-21-31-27-39(33-11-2-1-3-12-33)60-40(28-31)36-15-4-7-18-43(36)62(50,51)52)13-10-14-35(47)24-22-32-29-41(37-16-5-8-19-44(37)63(53,54)55)61-42(30-32)38-17-6-9-20-45(38)64(56,57)58/h1-9,11-12,15-24,27-30H,10,13-14,25-26H2,(H3-,48,49,50,51,52,53,54,55,56,57,58). The van der Waals surface area contributed by atoms with E-state index in [2.05, 4.69) is 0 Å². The van der Waals surface area contributed by atoms with Gasteiger partial charge in [-0.1, -0.05) is 109 Å². The Morgan fingerprint density at radius 2 is 1.23 bits per heavy atom. The smallest absolute Gasteiger partial charge is 0.304 e. The number of hydrogen-bond donors (Lipinski definition) is 3. The van der Waals surface area contributed by atoms with Crippen LogP contribution in [0.3, 0.4) is 0 Å². The molecule has 0 saturated heterocycles. The summed E-state index contributed by atoms with van der Waals surface area (Å²) in [6, 6.07) is 30.8. The van der Waals surface area contributed by atoms with Crippen LogP contribution in [0.2, 0.25) is 0 Å². The highest BCUT2D eigenvalue weighted by Crippen LogP contribution is 2.46. The molecule has 1 aromatic heterocycles. The lowest BCUT2D eigenvalue weighted by molar-refractivity contribution is -0.136. The third-order valence-electron chi connectivity index (χ3n) is 9.96. The minimum Gasteiger partial charge on any atom is -0.744 e. The van der Waals surface area contributed by atoms with Crippen molar-refractivity contribution in [1.29, 1.82) is 0 Å². The normalized spacial score (nSPS) is 16.3. The third kappa shape index (κ3) is 11.5. The number of aliphatic carboxylic acids is 1. The van der Waals surface area contributed by atoms with Crippen molar-refractivity contribution >= 4 is 87.1 Å². The molecule has 0 bridgehead atoms. The molecule has 17 heteroatoms. The fourth-order valence-corrected chi connectivity index (χ4v) is 13.0. The molecular formula is C47H38O11S6. The van der Waals surface area contributed by atoms with Crippen LogP contribution in [0.25, 0.3) is 36.8 Å². The van der Waals surface area contributed by atoms with Crippen LogP contribution in [0, 0.1) is 0 Å². The zero-order chi connectivity index (χ0) is 45.6. The molecule has 1 aliphatic heterocycles. The molecule has 64 heavy (non-hydrogen) atoms. The molecular weight excluding hydrogens is 933 g/mol. The monoisotopic (exact) mass is 970 g/mol. The summed E-state index contributed by atoms with van der Waals surface area (Å²) in [7, 11) is -14.1. The van der Waals surface area contributed by atoms with Gasteiger partial charge in [-0.05, 0) is 89.6 Å². The van der Waals surface area contributed by atoms with Gasteiger partial charge in [0.1, 0.15) is 19.9 Å². The van der Waals surface area contributed by atoms with Gasteiger partial charge in [0.15, 0.2) is 0 Å². The van der Waals surface area contributed by atoms with Gasteiger partial charge in [-0.25, -0.2) is 8.42 Å². The van der Waals surface area contributed by atoms with Gasteiger partial charge in [0.2, 0.25) is 21.1 Å². The first-order valence-corrected chi connectivity index (χ1v) is 26.4. The van der Waals surface area contributed by atoms with Crippen LogP contribution < -0.4 is 0 Å². The lowest BCUT2D eigenvalue weighted by atomic mass is 9.93. The first-order valence-electron chi connectivity index (χ1n) is 19.5. The van der Waals surface area contributed by atoms with Crippen LogP contribution in [0.4, 0.5) is 0 Å². The lowest BCUT2D eigenvalue weighted by Crippen LogP contribution is -2.03. The van der Waals surface area contributed by atoms with Crippen LogP contribution in [0.5, 0.6) is 0 Å². The topological polar surface area (TPSA) is 203 Å². The summed E-state index contributed by atoms with van der Waals surface area (Å²) in [5.74, 6) is -0.680. The summed E-state index contributed by atoms with van der Waals surface area (Å²) < 4.78 is 107. The zero-order valence-corrected chi connectivity index (χ0v) is 38.4. The third-order valence-corrected chi connectivity index (χ3v) is 16.1. The first-order chi connectivity index (χ1) is 30.5. The van der Waals surface area contributed by atoms with Gasteiger partial charge in [-0.3, -0.25) is 13.9 Å². The number of carboxylic acid groups (broad SMARTS) is 1. The molecule has 0 amide bonds. The zero-order valence-electron chi connectivity index (χ0n) is 33.5. The first kappa shape index (κ1) is 46.8. The van der Waals surface area contributed by atoms with Crippen LogP contribution in [0.15, 0.2) is 182 Å². The Bertz CT molecular complexity index is 3090. The van der Waals surface area contributed by atoms with Crippen LogP contribution >= 0.6 is 34.9 Å². The van der Waals surface area contributed by atoms with E-state index in [0.717, 1.165) is 49.9 Å². The Morgan fingerprint density at radius 3 is 1.84 bits per heavy atom. The number of carboxylic acids is 1. The number of allylic oxidation sites excluding steroid dienone is 8. The fraction of sp³-hybridized carbons (Fsp3) is 0.106. The largest absolute Gasteiger partial charge is 0.744 e. The molecule has 5 aromatic rings. The van der Waals surface area contributed by atoms with E-state index < -0.39 is 41.2 Å². The quantitative estimate of drug-likeness (QED) is 0.0701. The van der Waals surface area contributed by atoms with Crippen molar-refractivity contribution in [2.75, 3.05) is 5.75 Å². The van der Waals surface area contributed by atoms with Gasteiger partial charge in [0.05, 0.1) is 22.4 Å². The van der Waals surface area contributed by atoms with E-state index in [4.69, 9.17) is 0 Å². The second-order valence-electron chi connectivity index (χ2n) is 14.4. The summed E-state index contributed by atoms with van der Waals surface area (Å²) >= 11 is 3.82. The van der Waals surface area contributed by atoms with Crippen LogP contribution in [-0.4, -0.2) is 55.7 Å². The highest BCUT2D eigenvalue weighted by atomic mass is 32.2. The molecule has 4 aromatic carbocycles. The SMILES string of the molecule is O=C(O)CCSC1=C(/C=C/c2cc(-c3ccccc3S(=O)(=O)[O-])[s+]c(-c3ccccc3S(=O)(=O)O)c2)CCC/C1=C\C=C1\C=C(c2ccccc2)SC(c2ccccc2S(=O)(=O)O)=C1. The number of carbonyl (C=O) groups is 1. The number of hydrogen-bond acceptors (Lipinski definition) is 10. The van der Waals surface area contributed by atoms with Crippen molar-refractivity contribution in [1.82, 2.24) is 0 Å². The molecule has 0 fully saturated rings. The Labute approximate surface area is 384 Å². The summed E-state index contributed by atoms with van der Waals surface area (Å²) in [4.78, 5) is 13.7. The molecule has 2 heterocycles. The predicted molar refractivity (Wildman–Crippen MR) is 254 cm³/mol. The van der Waals surface area contributed by atoms with Crippen LogP contribution in [-0.2, 0) is 35.1 Å². The maximum atomic E-state index is 12.5. The molecule has 2 aliphatic rings. The van der Waals surface area contributed by atoms with Crippen molar-refractivity contribution in [3.63, 3.8) is 0 Å². The molecule has 1 aliphatic carbocycles.